The van der Waals surface area contributed by atoms with Crippen molar-refractivity contribution in [2.24, 2.45) is 0 Å². The normalized spacial score (nSPS) is 9.28. The minimum atomic E-state index is 0. The minimum absolute atomic E-state index is 0. The predicted octanol–water partition coefficient (Wildman–Crippen LogP) is 6.11. The molecule has 0 aliphatic heterocycles. The maximum atomic E-state index is 2.16. The van der Waals surface area contributed by atoms with Crippen molar-refractivity contribution in [3.63, 3.8) is 0 Å². The second-order valence-electron chi connectivity index (χ2n) is 5.44. The molecular formula is C24H20Ni-2. The summed E-state index contributed by atoms with van der Waals surface area (Å²) in [6.45, 7) is 0. The average molecular weight is 367 g/mol. The summed E-state index contributed by atoms with van der Waals surface area (Å²) in [5, 5.41) is 0. The van der Waals surface area contributed by atoms with Gasteiger partial charge in [-0.15, -0.1) is 0 Å². The molecule has 4 aromatic carbocycles. The van der Waals surface area contributed by atoms with Gasteiger partial charge < -0.3 is 0 Å². The van der Waals surface area contributed by atoms with Crippen molar-refractivity contribution in [3.05, 3.63) is 144 Å². The molecule has 0 fully saturated rings. The number of rotatable bonds is 3. The molecule has 0 nitrogen and oxygen atoms in total. The third kappa shape index (κ3) is 5.45. The van der Waals surface area contributed by atoms with Crippen LogP contribution in [0.5, 0.6) is 0 Å². The summed E-state index contributed by atoms with van der Waals surface area (Å²) in [5.41, 5.74) is 3.75. The van der Waals surface area contributed by atoms with Crippen LogP contribution in [0.25, 0.3) is 0 Å². The molecule has 4 rings (SSSR count). The second-order valence-corrected chi connectivity index (χ2v) is 5.44. The summed E-state index contributed by atoms with van der Waals surface area (Å²) >= 11 is 0. The fourth-order valence-corrected chi connectivity index (χ4v) is 2.64. The molecule has 0 aliphatic rings. The molecule has 25 heavy (non-hydrogen) atoms. The van der Waals surface area contributed by atoms with Crippen LogP contribution in [0.2, 0.25) is 0 Å². The molecule has 0 atom stereocenters. The molecule has 0 spiro atoms. The van der Waals surface area contributed by atoms with E-state index >= 15 is 0 Å². The fraction of sp³-hybridized carbons (Fsp3) is 0. The van der Waals surface area contributed by atoms with Gasteiger partial charge in [0.1, 0.15) is 0 Å². The number of benzene rings is 3. The van der Waals surface area contributed by atoms with Crippen LogP contribution in [0.15, 0.2) is 121 Å². The maximum absolute atomic E-state index is 2.16. The van der Waals surface area contributed by atoms with Gasteiger partial charge in [-0.2, -0.15) is 18.2 Å². The Morgan fingerprint density at radius 3 is 1.00 bits per heavy atom. The summed E-state index contributed by atoms with van der Waals surface area (Å²) in [4.78, 5) is 0. The monoisotopic (exact) mass is 366 g/mol. The maximum Gasteiger partial charge on any atom is 0 e. The summed E-state index contributed by atoms with van der Waals surface area (Å²) in [7, 11) is 0. The van der Waals surface area contributed by atoms with Crippen LogP contribution in [0.1, 0.15) is 16.7 Å². The summed E-state index contributed by atoms with van der Waals surface area (Å²) in [6.07, 6.45) is 0. The van der Waals surface area contributed by atoms with Gasteiger partial charge in [-0.05, 0) is 0 Å². The van der Waals surface area contributed by atoms with Crippen molar-refractivity contribution in [3.8, 4) is 0 Å². The Kier molecular flexibility index (Phi) is 7.69. The quantitative estimate of drug-likeness (QED) is 0.233. The minimum Gasteiger partial charge on any atom is -0.214 e. The first kappa shape index (κ1) is 18.7. The van der Waals surface area contributed by atoms with Crippen LogP contribution >= 0.6 is 0 Å². The topological polar surface area (TPSA) is 0 Å². The van der Waals surface area contributed by atoms with Gasteiger partial charge in [-0.3, -0.25) is 0 Å². The van der Waals surface area contributed by atoms with E-state index in [2.05, 4.69) is 91.0 Å². The molecular weight excluding hydrogens is 347 g/mol. The van der Waals surface area contributed by atoms with E-state index in [1.54, 1.807) is 0 Å². The van der Waals surface area contributed by atoms with Crippen molar-refractivity contribution in [2.45, 2.75) is 0 Å². The third-order valence-corrected chi connectivity index (χ3v) is 3.74. The van der Waals surface area contributed by atoms with Crippen molar-refractivity contribution in [1.82, 2.24) is 0 Å². The van der Waals surface area contributed by atoms with Crippen molar-refractivity contribution in [2.75, 3.05) is 0 Å². The van der Waals surface area contributed by atoms with Crippen molar-refractivity contribution >= 4 is 0 Å². The zero-order chi connectivity index (χ0) is 16.5. The molecule has 0 unspecified atom stereocenters. The smallest absolute Gasteiger partial charge is 0 e. The SMILES string of the molecule is [Ni].c1cc[cH-]c1.c1ccc([C-](c2ccccc2)c2ccccc2)cc1. The molecule has 0 N–H and O–H groups in total. The van der Waals surface area contributed by atoms with Crippen LogP contribution in [-0.4, -0.2) is 0 Å². The van der Waals surface area contributed by atoms with Gasteiger partial charge in [0.05, 0.1) is 0 Å². The van der Waals surface area contributed by atoms with E-state index in [0.717, 1.165) is 0 Å². The molecule has 0 radical (unpaired) electrons. The third-order valence-electron chi connectivity index (χ3n) is 3.74. The van der Waals surface area contributed by atoms with E-state index < -0.39 is 0 Å². The van der Waals surface area contributed by atoms with Crippen molar-refractivity contribution in [1.29, 1.82) is 0 Å². The summed E-state index contributed by atoms with van der Waals surface area (Å²) in [5.74, 6) is 1.28. The van der Waals surface area contributed by atoms with E-state index in [-0.39, 0.29) is 16.5 Å². The Hall–Kier alpha value is -2.63. The molecule has 1 heteroatoms. The first-order chi connectivity index (χ1) is 11.9. The molecule has 4 aromatic rings. The van der Waals surface area contributed by atoms with E-state index in [4.69, 9.17) is 0 Å². The van der Waals surface area contributed by atoms with Gasteiger partial charge in [0.15, 0.2) is 0 Å². The van der Waals surface area contributed by atoms with Gasteiger partial charge in [0.2, 0.25) is 0 Å². The van der Waals surface area contributed by atoms with Crippen molar-refractivity contribution < 1.29 is 16.5 Å². The molecule has 0 aliphatic carbocycles. The zero-order valence-electron chi connectivity index (χ0n) is 13.9. The molecule has 0 bridgehead atoms. The van der Waals surface area contributed by atoms with Crippen LogP contribution in [0.3, 0.4) is 0 Å². The van der Waals surface area contributed by atoms with Gasteiger partial charge in [-0.25, -0.2) is 12.1 Å². The van der Waals surface area contributed by atoms with Gasteiger partial charge in [0, 0.05) is 16.5 Å². The Balaban J connectivity index is 0.000000325. The van der Waals surface area contributed by atoms with Crippen LogP contribution in [0, 0.1) is 5.92 Å². The molecule has 0 saturated carbocycles. The Labute approximate surface area is 160 Å². The Morgan fingerprint density at radius 1 is 0.440 bits per heavy atom. The standard InChI is InChI=1S/C19H15.C5H5.Ni/c1-4-10-16(11-5-1)19(17-12-6-2-7-13-17)18-14-8-3-9-15-18;1-2-4-5-3-1;/h1-15H;1-5H;/q2*-1;. The first-order valence-electron chi connectivity index (χ1n) is 8.15. The fourth-order valence-electron chi connectivity index (χ4n) is 2.64. The number of hydrogen-bond acceptors (Lipinski definition) is 0. The van der Waals surface area contributed by atoms with Crippen LogP contribution in [0.4, 0.5) is 0 Å². The van der Waals surface area contributed by atoms with Gasteiger partial charge >= 0.3 is 0 Å². The van der Waals surface area contributed by atoms with E-state index in [0.29, 0.717) is 0 Å². The molecule has 0 aromatic heterocycles. The van der Waals surface area contributed by atoms with Crippen LogP contribution in [-0.2, 0) is 16.5 Å². The first-order valence-corrected chi connectivity index (χ1v) is 8.15. The Bertz CT molecular complexity index is 680. The summed E-state index contributed by atoms with van der Waals surface area (Å²) in [6, 6.07) is 41.6. The molecule has 0 heterocycles. The second kappa shape index (κ2) is 10.3. The van der Waals surface area contributed by atoms with Gasteiger partial charge in [-0.1, -0.05) is 114 Å². The van der Waals surface area contributed by atoms with Gasteiger partial charge in [0.25, 0.3) is 0 Å². The molecule has 128 valence electrons. The summed E-state index contributed by atoms with van der Waals surface area (Å²) < 4.78 is 0. The van der Waals surface area contributed by atoms with E-state index in [1.807, 2.05) is 30.3 Å². The number of hydrogen-bond donors (Lipinski definition) is 0. The van der Waals surface area contributed by atoms with Crippen LogP contribution < -0.4 is 0 Å². The predicted molar refractivity (Wildman–Crippen MR) is 102 cm³/mol. The molecule has 0 saturated heterocycles. The largest absolute Gasteiger partial charge is 0.214 e. The Morgan fingerprint density at radius 2 is 0.760 bits per heavy atom. The average Bonchev–Trinajstić information content (AvgIpc) is 3.25. The van der Waals surface area contributed by atoms with E-state index in [1.165, 1.54) is 22.6 Å². The zero-order valence-corrected chi connectivity index (χ0v) is 14.9. The molecule has 0 amide bonds. The van der Waals surface area contributed by atoms with E-state index in [9.17, 15) is 0 Å².